The normalized spacial score (nSPS) is 11.6. The predicted octanol–water partition coefficient (Wildman–Crippen LogP) is 3.88. The molecule has 170 valence electrons. The largest absolute Gasteiger partial charge is 0.377 e. The van der Waals surface area contributed by atoms with Gasteiger partial charge in [-0.25, -0.2) is 17.6 Å². The van der Waals surface area contributed by atoms with Crippen molar-refractivity contribution in [2.75, 3.05) is 37.4 Å². The molecule has 0 aliphatic heterocycles. The minimum absolute atomic E-state index is 0.0394. The zero-order chi connectivity index (χ0) is 23.2. The molecule has 2 aromatic rings. The Morgan fingerprint density at radius 1 is 1.10 bits per heavy atom. The van der Waals surface area contributed by atoms with Gasteiger partial charge in [0.1, 0.15) is 5.82 Å². The summed E-state index contributed by atoms with van der Waals surface area (Å²) in [6, 6.07) is 9.90. The summed E-state index contributed by atoms with van der Waals surface area (Å²) in [6.45, 7) is 6.59. The standard InChI is InChI=1S/C22H31FN4O3S/c1-6-24-22(28)25-19-9-12-21(26(4)5)17(13-19)15-27(14-16(2)3)31(29,30)20-10-7-18(23)8-11-20/h7-13,16H,6,14-15H2,1-5H3,(H2,24,25,28). The van der Waals surface area contributed by atoms with E-state index in [0.717, 1.165) is 23.4 Å². The topological polar surface area (TPSA) is 81.8 Å². The number of amides is 2. The Labute approximate surface area is 184 Å². The number of sulfonamides is 1. The molecule has 0 aliphatic rings. The van der Waals surface area contributed by atoms with Gasteiger partial charge in [-0.3, -0.25) is 0 Å². The number of carbonyl (C=O) groups excluding carboxylic acids is 1. The molecule has 0 aliphatic carbocycles. The highest BCUT2D eigenvalue weighted by Gasteiger charge is 2.26. The predicted molar refractivity (Wildman–Crippen MR) is 122 cm³/mol. The monoisotopic (exact) mass is 450 g/mol. The minimum atomic E-state index is -3.85. The van der Waals surface area contributed by atoms with Gasteiger partial charge in [-0.05, 0) is 60.9 Å². The third kappa shape index (κ3) is 6.67. The van der Waals surface area contributed by atoms with Gasteiger partial charge in [-0.2, -0.15) is 4.31 Å². The first-order chi connectivity index (χ1) is 14.5. The maximum Gasteiger partial charge on any atom is 0.319 e. The van der Waals surface area contributed by atoms with Crippen LogP contribution in [0.4, 0.5) is 20.6 Å². The number of benzene rings is 2. The molecular weight excluding hydrogens is 419 g/mol. The summed E-state index contributed by atoms with van der Waals surface area (Å²) in [4.78, 5) is 13.8. The third-order valence-corrected chi connectivity index (χ3v) is 6.35. The lowest BCUT2D eigenvalue weighted by Gasteiger charge is -2.27. The van der Waals surface area contributed by atoms with Crippen LogP contribution in [0.25, 0.3) is 0 Å². The van der Waals surface area contributed by atoms with Crippen LogP contribution in [0.15, 0.2) is 47.4 Å². The van der Waals surface area contributed by atoms with Gasteiger partial charge in [0.25, 0.3) is 0 Å². The molecule has 2 N–H and O–H groups in total. The van der Waals surface area contributed by atoms with Crippen LogP contribution in [0.3, 0.4) is 0 Å². The van der Waals surface area contributed by atoms with Gasteiger partial charge in [-0.1, -0.05) is 13.8 Å². The number of rotatable bonds is 9. The molecule has 0 saturated heterocycles. The first-order valence-electron chi connectivity index (χ1n) is 10.2. The van der Waals surface area contributed by atoms with Crippen LogP contribution in [0.5, 0.6) is 0 Å². The molecule has 7 nitrogen and oxygen atoms in total. The van der Waals surface area contributed by atoms with Gasteiger partial charge in [0, 0.05) is 45.1 Å². The van der Waals surface area contributed by atoms with Gasteiger partial charge < -0.3 is 15.5 Å². The summed E-state index contributed by atoms with van der Waals surface area (Å²) in [5.41, 5.74) is 2.14. The molecule has 0 fully saturated rings. The van der Waals surface area contributed by atoms with Crippen LogP contribution in [-0.2, 0) is 16.6 Å². The number of anilines is 2. The first-order valence-corrected chi connectivity index (χ1v) is 11.6. The second kappa shape index (κ2) is 10.6. The summed E-state index contributed by atoms with van der Waals surface area (Å²) < 4.78 is 41.4. The van der Waals surface area contributed by atoms with Gasteiger partial charge in [0.15, 0.2) is 0 Å². The van der Waals surface area contributed by atoms with Crippen LogP contribution in [0.1, 0.15) is 26.3 Å². The van der Waals surface area contributed by atoms with Crippen molar-refractivity contribution in [3.63, 3.8) is 0 Å². The fourth-order valence-electron chi connectivity index (χ4n) is 3.16. The molecule has 9 heteroatoms. The number of nitrogens with one attached hydrogen (secondary N) is 2. The van der Waals surface area contributed by atoms with Gasteiger partial charge in [-0.15, -0.1) is 0 Å². The van der Waals surface area contributed by atoms with E-state index in [-0.39, 0.29) is 23.4 Å². The van der Waals surface area contributed by atoms with Crippen molar-refractivity contribution in [1.29, 1.82) is 0 Å². The van der Waals surface area contributed by atoms with Crippen molar-refractivity contribution < 1.29 is 17.6 Å². The molecule has 0 saturated carbocycles. The molecule has 0 bridgehead atoms. The number of halogens is 1. The minimum Gasteiger partial charge on any atom is -0.377 e. The molecule has 31 heavy (non-hydrogen) atoms. The smallest absolute Gasteiger partial charge is 0.319 e. The van der Waals surface area contributed by atoms with Gasteiger partial charge in [0.2, 0.25) is 10.0 Å². The highest BCUT2D eigenvalue weighted by atomic mass is 32.2. The highest BCUT2D eigenvalue weighted by Crippen LogP contribution is 2.27. The number of hydrogen-bond donors (Lipinski definition) is 2. The summed E-state index contributed by atoms with van der Waals surface area (Å²) in [7, 11) is -0.106. The van der Waals surface area contributed by atoms with Crippen molar-refractivity contribution in [3.8, 4) is 0 Å². The zero-order valence-corrected chi connectivity index (χ0v) is 19.5. The van der Waals surface area contributed by atoms with Crippen LogP contribution in [0, 0.1) is 11.7 Å². The number of urea groups is 1. The number of nitrogens with zero attached hydrogens (tertiary/aromatic N) is 2. The molecule has 2 rings (SSSR count). The first kappa shape index (κ1) is 24.6. The molecule has 0 radical (unpaired) electrons. The van der Waals surface area contributed by atoms with Crippen molar-refractivity contribution in [2.45, 2.75) is 32.2 Å². The van der Waals surface area contributed by atoms with E-state index < -0.39 is 15.8 Å². The van der Waals surface area contributed by atoms with E-state index in [2.05, 4.69) is 10.6 Å². The lowest BCUT2D eigenvalue weighted by atomic mass is 10.1. The number of hydrogen-bond acceptors (Lipinski definition) is 4. The average molecular weight is 451 g/mol. The van der Waals surface area contributed by atoms with Crippen LogP contribution in [0.2, 0.25) is 0 Å². The maximum absolute atomic E-state index is 13.3. The van der Waals surface area contributed by atoms with Crippen molar-refractivity contribution in [2.24, 2.45) is 5.92 Å². The summed E-state index contributed by atoms with van der Waals surface area (Å²) >= 11 is 0. The SMILES string of the molecule is CCNC(=O)Nc1ccc(N(C)C)c(CN(CC(C)C)S(=O)(=O)c2ccc(F)cc2)c1. The summed E-state index contributed by atoms with van der Waals surface area (Å²) in [5.74, 6) is -0.414. The van der Waals surface area contributed by atoms with E-state index in [9.17, 15) is 17.6 Å². The molecule has 0 spiro atoms. The molecule has 0 unspecified atom stereocenters. The van der Waals surface area contributed by atoms with E-state index >= 15 is 0 Å². The van der Waals surface area contributed by atoms with E-state index in [0.29, 0.717) is 18.8 Å². The van der Waals surface area contributed by atoms with E-state index in [1.54, 1.807) is 12.1 Å². The Hall–Kier alpha value is -2.65. The third-order valence-electron chi connectivity index (χ3n) is 4.52. The van der Waals surface area contributed by atoms with Crippen LogP contribution in [-0.4, -0.2) is 45.9 Å². The second-order valence-corrected chi connectivity index (χ2v) is 9.81. The molecule has 0 heterocycles. The quantitative estimate of drug-likeness (QED) is 0.608. The second-order valence-electron chi connectivity index (χ2n) is 7.87. The van der Waals surface area contributed by atoms with E-state index in [1.807, 2.05) is 45.8 Å². The summed E-state index contributed by atoms with van der Waals surface area (Å²) in [5, 5.41) is 5.43. The average Bonchev–Trinajstić information content (AvgIpc) is 2.67. The molecule has 2 amide bonds. The molecule has 0 atom stereocenters. The van der Waals surface area contributed by atoms with Gasteiger partial charge in [0.05, 0.1) is 4.90 Å². The molecular formula is C22H31FN4O3S. The Morgan fingerprint density at radius 3 is 2.29 bits per heavy atom. The molecule has 0 aromatic heterocycles. The fraction of sp³-hybridized carbons (Fsp3) is 0.409. The fourth-order valence-corrected chi connectivity index (χ4v) is 4.74. The Kier molecular flexibility index (Phi) is 8.41. The van der Waals surface area contributed by atoms with Crippen LogP contribution >= 0.6 is 0 Å². The van der Waals surface area contributed by atoms with Gasteiger partial charge >= 0.3 is 6.03 Å². The Balaban J connectivity index is 2.45. The van der Waals surface area contributed by atoms with Crippen molar-refractivity contribution in [3.05, 3.63) is 53.8 Å². The molecule has 2 aromatic carbocycles. The van der Waals surface area contributed by atoms with Crippen molar-refractivity contribution in [1.82, 2.24) is 9.62 Å². The zero-order valence-electron chi connectivity index (χ0n) is 18.6. The Bertz CT molecular complexity index is 992. The van der Waals surface area contributed by atoms with Crippen LogP contribution < -0.4 is 15.5 Å². The lowest BCUT2D eigenvalue weighted by molar-refractivity contribution is 0.252. The van der Waals surface area contributed by atoms with E-state index in [4.69, 9.17) is 0 Å². The Morgan fingerprint density at radius 2 is 1.74 bits per heavy atom. The number of carbonyl (C=O) groups is 1. The summed E-state index contributed by atoms with van der Waals surface area (Å²) in [6.07, 6.45) is 0. The van der Waals surface area contributed by atoms with E-state index in [1.165, 1.54) is 16.4 Å². The highest BCUT2D eigenvalue weighted by molar-refractivity contribution is 7.89. The maximum atomic E-state index is 13.3. The van der Waals surface area contributed by atoms with Crippen molar-refractivity contribution >= 4 is 27.4 Å². The lowest BCUT2D eigenvalue weighted by Crippen LogP contribution is -2.34.